The molecule has 8 heteroatoms. The quantitative estimate of drug-likeness (QED) is 0.156. The number of hydrogen-bond donors (Lipinski definition) is 1. The summed E-state index contributed by atoms with van der Waals surface area (Å²) in [4.78, 5) is 28.0. The smallest absolute Gasteiger partial charge is 0.164 e. The van der Waals surface area contributed by atoms with Gasteiger partial charge in [-0.3, -0.25) is 4.79 Å². The van der Waals surface area contributed by atoms with Crippen LogP contribution in [0.3, 0.4) is 0 Å². The van der Waals surface area contributed by atoms with Gasteiger partial charge in [0.05, 0.1) is 23.4 Å². The molecule has 0 saturated heterocycles. The summed E-state index contributed by atoms with van der Waals surface area (Å²) >= 11 is 0. The first-order chi connectivity index (χ1) is 21.5. The lowest BCUT2D eigenvalue weighted by Crippen LogP contribution is -2.23. The Morgan fingerprint density at radius 3 is 2.23 bits per heavy atom. The molecule has 3 heterocycles. The molecule has 0 unspecified atom stereocenters. The molecule has 0 bridgehead atoms. The maximum absolute atomic E-state index is 16.1. The summed E-state index contributed by atoms with van der Waals surface area (Å²) in [6.45, 7) is 5.22. The molecule has 0 saturated carbocycles. The molecule has 0 radical (unpaired) electrons. The lowest BCUT2D eigenvalue weighted by Gasteiger charge is -2.25. The third kappa shape index (κ3) is 5.71. The number of benzene rings is 3. The number of rotatable bonds is 11. The van der Waals surface area contributed by atoms with E-state index in [0.29, 0.717) is 76.8 Å². The summed E-state index contributed by atoms with van der Waals surface area (Å²) in [6, 6.07) is 25.5. The van der Waals surface area contributed by atoms with Gasteiger partial charge in [-0.2, -0.15) is 0 Å². The van der Waals surface area contributed by atoms with Gasteiger partial charge in [-0.05, 0) is 36.2 Å². The number of aromatic amines is 1. The van der Waals surface area contributed by atoms with Gasteiger partial charge in [0.15, 0.2) is 11.6 Å². The number of carbonyl (C=O) groups is 1. The predicted octanol–water partition coefficient (Wildman–Crippen LogP) is 7.97. The normalized spacial score (nSPS) is 11.2. The number of halogens is 1. The number of anilines is 1. The highest BCUT2D eigenvalue weighted by atomic mass is 19.1. The number of Topliss-reactive ketones (excluding diaryl/α,β-unsaturated/α-hetero) is 1. The van der Waals surface area contributed by atoms with Gasteiger partial charge in [-0.15, -0.1) is 0 Å². The number of ketones is 1. The Morgan fingerprint density at radius 2 is 1.64 bits per heavy atom. The highest BCUT2D eigenvalue weighted by Gasteiger charge is 2.24. The van der Waals surface area contributed by atoms with E-state index in [0.717, 1.165) is 11.1 Å². The van der Waals surface area contributed by atoms with Crippen molar-refractivity contribution in [2.45, 2.75) is 33.4 Å². The second-order valence-electron chi connectivity index (χ2n) is 10.7. The van der Waals surface area contributed by atoms with E-state index in [1.54, 1.807) is 12.4 Å². The van der Waals surface area contributed by atoms with Crippen LogP contribution in [-0.4, -0.2) is 31.9 Å². The van der Waals surface area contributed by atoms with Crippen molar-refractivity contribution in [3.63, 3.8) is 0 Å². The molecule has 7 nitrogen and oxygen atoms in total. The van der Waals surface area contributed by atoms with E-state index in [2.05, 4.69) is 39.1 Å². The van der Waals surface area contributed by atoms with Crippen molar-refractivity contribution < 1.29 is 13.9 Å². The van der Waals surface area contributed by atoms with Crippen LogP contribution in [-0.2, 0) is 20.1 Å². The van der Waals surface area contributed by atoms with Gasteiger partial charge in [0, 0.05) is 61.7 Å². The van der Waals surface area contributed by atoms with Gasteiger partial charge in [0.1, 0.15) is 17.4 Å². The number of nitrogens with zero attached hydrogens (tertiary/aromatic N) is 4. The largest absolute Gasteiger partial charge is 0.493 e. The van der Waals surface area contributed by atoms with Crippen LogP contribution < -0.4 is 9.64 Å². The fraction of sp³-hybridized carbons (Fsp3) is 0.194. The van der Waals surface area contributed by atoms with Crippen LogP contribution in [0, 0.1) is 5.82 Å². The van der Waals surface area contributed by atoms with E-state index < -0.39 is 5.82 Å². The molecule has 0 aliphatic heterocycles. The molecule has 0 aliphatic rings. The van der Waals surface area contributed by atoms with Crippen LogP contribution >= 0.6 is 0 Å². The van der Waals surface area contributed by atoms with Crippen LogP contribution in [0.2, 0.25) is 0 Å². The number of ether oxygens (including phenoxy) is 1. The molecule has 1 N–H and O–H groups in total. The summed E-state index contributed by atoms with van der Waals surface area (Å²) < 4.78 is 23.9. The van der Waals surface area contributed by atoms with Crippen molar-refractivity contribution >= 4 is 22.5 Å². The van der Waals surface area contributed by atoms with Crippen molar-refractivity contribution in [3.05, 3.63) is 120 Å². The number of fused-ring (bicyclic) bond motifs is 1. The van der Waals surface area contributed by atoms with E-state index in [9.17, 15) is 4.79 Å². The fourth-order valence-electron chi connectivity index (χ4n) is 5.59. The zero-order valence-electron chi connectivity index (χ0n) is 25.0. The fourth-order valence-corrected chi connectivity index (χ4v) is 5.59. The van der Waals surface area contributed by atoms with Gasteiger partial charge < -0.3 is 19.2 Å². The Labute approximate surface area is 256 Å². The number of aromatic nitrogens is 4. The minimum absolute atomic E-state index is 0.0343. The van der Waals surface area contributed by atoms with Crippen LogP contribution in [0.25, 0.3) is 33.5 Å². The van der Waals surface area contributed by atoms with Crippen LogP contribution in [0.5, 0.6) is 5.75 Å². The number of hydrogen-bond acceptors (Lipinski definition) is 5. The summed E-state index contributed by atoms with van der Waals surface area (Å²) in [5, 5.41) is 0.693. The molecular weight excluding hydrogens is 553 g/mol. The summed E-state index contributed by atoms with van der Waals surface area (Å²) in [5.41, 5.74) is 4.81. The van der Waals surface area contributed by atoms with Crippen molar-refractivity contribution in [2.75, 3.05) is 11.5 Å². The standard InChI is InChI=1S/C36H34FN5O2/c1-4-31(43)28-21-39-36(42(22-24-12-8-6-9-13-24)23-25-14-10-7-11-15-25)34-27(28)20-30(40-34)33-29(37)18-26(19-32(33)44-5-2)35-38-16-17-41(35)3/h6-21,40H,4-5,22-23H2,1-3H3. The van der Waals surface area contributed by atoms with Crippen LogP contribution in [0.4, 0.5) is 10.2 Å². The Bertz CT molecular complexity index is 1870. The molecular formula is C36H34FN5O2. The second-order valence-corrected chi connectivity index (χ2v) is 10.7. The second kappa shape index (κ2) is 12.6. The third-order valence-electron chi connectivity index (χ3n) is 7.70. The molecule has 0 aliphatic carbocycles. The maximum Gasteiger partial charge on any atom is 0.164 e. The summed E-state index contributed by atoms with van der Waals surface area (Å²) in [7, 11) is 1.86. The molecule has 44 heavy (non-hydrogen) atoms. The number of nitrogens with one attached hydrogen (secondary N) is 1. The highest BCUT2D eigenvalue weighted by Crippen LogP contribution is 2.40. The highest BCUT2D eigenvalue weighted by molar-refractivity contribution is 6.10. The van der Waals surface area contributed by atoms with Gasteiger partial charge >= 0.3 is 0 Å². The van der Waals surface area contributed by atoms with Gasteiger partial charge in [0.2, 0.25) is 0 Å². The topological polar surface area (TPSA) is 76.0 Å². The Kier molecular flexibility index (Phi) is 8.23. The van der Waals surface area contributed by atoms with E-state index in [-0.39, 0.29) is 5.78 Å². The molecule has 6 rings (SSSR count). The minimum Gasteiger partial charge on any atom is -0.493 e. The minimum atomic E-state index is -0.455. The van der Waals surface area contributed by atoms with Crippen LogP contribution in [0.15, 0.2) is 97.5 Å². The van der Waals surface area contributed by atoms with Gasteiger partial charge in [-0.1, -0.05) is 67.6 Å². The van der Waals surface area contributed by atoms with E-state index in [1.165, 1.54) is 6.07 Å². The number of pyridine rings is 1. The first-order valence-corrected chi connectivity index (χ1v) is 14.8. The van der Waals surface area contributed by atoms with Crippen molar-refractivity contribution in [2.24, 2.45) is 7.05 Å². The molecule has 3 aromatic heterocycles. The van der Waals surface area contributed by atoms with E-state index in [1.807, 2.05) is 80.2 Å². The van der Waals surface area contributed by atoms with Crippen molar-refractivity contribution in [1.82, 2.24) is 19.5 Å². The first-order valence-electron chi connectivity index (χ1n) is 14.8. The van der Waals surface area contributed by atoms with Crippen LogP contribution in [0.1, 0.15) is 41.8 Å². The average Bonchev–Trinajstić information content (AvgIpc) is 3.67. The molecule has 0 spiro atoms. The zero-order chi connectivity index (χ0) is 30.6. The SMILES string of the molecule is CCOc1cc(-c2nccn2C)cc(F)c1-c1cc2c(C(=O)CC)cnc(N(Cc3ccccc3)Cc3ccccc3)c2[nH]1. The molecule has 0 atom stereocenters. The summed E-state index contributed by atoms with van der Waals surface area (Å²) in [5.74, 6) is 1.21. The number of imidazole rings is 1. The van der Waals surface area contributed by atoms with Crippen molar-refractivity contribution in [1.29, 1.82) is 0 Å². The number of aryl methyl sites for hydroxylation is 1. The predicted molar refractivity (Wildman–Crippen MR) is 172 cm³/mol. The molecule has 6 aromatic rings. The lowest BCUT2D eigenvalue weighted by atomic mass is 10.0. The Balaban J connectivity index is 1.54. The van der Waals surface area contributed by atoms with Gasteiger partial charge in [0.25, 0.3) is 0 Å². The third-order valence-corrected chi connectivity index (χ3v) is 7.70. The Hall–Kier alpha value is -5.24. The number of H-pyrrole nitrogens is 1. The molecule has 0 amide bonds. The molecule has 3 aromatic carbocycles. The molecule has 0 fully saturated rings. The zero-order valence-corrected chi connectivity index (χ0v) is 25.0. The number of carbonyl (C=O) groups excluding carboxylic acids is 1. The summed E-state index contributed by atoms with van der Waals surface area (Å²) in [6.07, 6.45) is 5.46. The molecule has 222 valence electrons. The maximum atomic E-state index is 16.1. The van der Waals surface area contributed by atoms with E-state index in [4.69, 9.17) is 9.72 Å². The Morgan fingerprint density at radius 1 is 0.955 bits per heavy atom. The van der Waals surface area contributed by atoms with Gasteiger partial charge in [-0.25, -0.2) is 14.4 Å². The van der Waals surface area contributed by atoms with Crippen molar-refractivity contribution in [3.8, 4) is 28.4 Å². The lowest BCUT2D eigenvalue weighted by molar-refractivity contribution is 0.0989. The monoisotopic (exact) mass is 587 g/mol. The van der Waals surface area contributed by atoms with E-state index >= 15 is 4.39 Å². The average molecular weight is 588 g/mol. The first kappa shape index (κ1) is 28.9.